The van der Waals surface area contributed by atoms with E-state index in [1.165, 1.54) is 10.8 Å². The van der Waals surface area contributed by atoms with Gasteiger partial charge in [-0.05, 0) is 12.1 Å². The first-order valence-corrected chi connectivity index (χ1v) is 5.01. The summed E-state index contributed by atoms with van der Waals surface area (Å²) in [4.78, 5) is 13.8. The summed E-state index contributed by atoms with van der Waals surface area (Å²) >= 11 is 0. The zero-order chi connectivity index (χ0) is 12.3. The zero-order valence-corrected chi connectivity index (χ0v) is 9.54. The average molecular weight is 229 g/mol. The Morgan fingerprint density at radius 2 is 2.18 bits per heavy atom. The van der Waals surface area contributed by atoms with Crippen molar-refractivity contribution in [1.82, 2.24) is 9.78 Å². The van der Waals surface area contributed by atoms with Crippen molar-refractivity contribution in [2.45, 2.75) is 0 Å². The van der Waals surface area contributed by atoms with Crippen molar-refractivity contribution in [3.8, 4) is 17.0 Å². The number of aliphatic imine (C=N–C) groups is 1. The van der Waals surface area contributed by atoms with Gasteiger partial charge in [-0.25, -0.2) is 9.48 Å². The van der Waals surface area contributed by atoms with Crippen LogP contribution < -0.4 is 4.74 Å². The van der Waals surface area contributed by atoms with Gasteiger partial charge in [-0.2, -0.15) is 5.10 Å². The lowest BCUT2D eigenvalue weighted by Crippen LogP contribution is -1.91. The molecule has 0 bridgehead atoms. The summed E-state index contributed by atoms with van der Waals surface area (Å²) in [6.45, 7) is 0. The number of hydrogen-bond acceptors (Lipinski definition) is 4. The fourth-order valence-electron chi connectivity index (χ4n) is 1.60. The smallest absolute Gasteiger partial charge is 0.242 e. The van der Waals surface area contributed by atoms with Crippen LogP contribution in [0.2, 0.25) is 0 Å². The SMILES string of the molecule is COc1ccccc1-c1cc(N=C=O)n(C)n1. The molecule has 0 unspecified atom stereocenters. The molecule has 5 nitrogen and oxygen atoms in total. The highest BCUT2D eigenvalue weighted by atomic mass is 16.5. The van der Waals surface area contributed by atoms with Gasteiger partial charge in [-0.3, -0.25) is 0 Å². The lowest BCUT2D eigenvalue weighted by atomic mass is 10.1. The summed E-state index contributed by atoms with van der Waals surface area (Å²) in [7, 11) is 3.32. The van der Waals surface area contributed by atoms with Crippen molar-refractivity contribution in [3.05, 3.63) is 30.3 Å². The van der Waals surface area contributed by atoms with E-state index in [2.05, 4.69) is 10.1 Å². The molecule has 1 heterocycles. The van der Waals surface area contributed by atoms with Crippen molar-refractivity contribution >= 4 is 11.9 Å². The molecule has 86 valence electrons. The third kappa shape index (κ3) is 2.09. The number of aromatic nitrogens is 2. The van der Waals surface area contributed by atoms with Gasteiger partial charge in [-0.15, -0.1) is 4.99 Å². The molecule has 0 amide bonds. The second-order valence-corrected chi connectivity index (χ2v) is 3.41. The maximum atomic E-state index is 10.2. The van der Waals surface area contributed by atoms with Crippen LogP contribution in [0.25, 0.3) is 11.3 Å². The standard InChI is InChI=1S/C12H11N3O2/c1-15-12(13-8-16)7-10(14-15)9-5-3-4-6-11(9)17-2/h3-7H,1-2H3. The van der Waals surface area contributed by atoms with Gasteiger partial charge in [0, 0.05) is 18.7 Å². The predicted octanol–water partition coefficient (Wildman–Crippen LogP) is 2.06. The molecule has 0 radical (unpaired) electrons. The molecule has 2 aromatic rings. The number of methoxy groups -OCH3 is 1. The van der Waals surface area contributed by atoms with Gasteiger partial charge < -0.3 is 4.74 Å². The van der Waals surface area contributed by atoms with Gasteiger partial charge in [0.2, 0.25) is 6.08 Å². The van der Waals surface area contributed by atoms with Gasteiger partial charge in [-0.1, -0.05) is 12.1 Å². The van der Waals surface area contributed by atoms with Gasteiger partial charge in [0.05, 0.1) is 12.8 Å². The molecule has 1 aromatic carbocycles. The Hall–Kier alpha value is -2.39. The fourth-order valence-corrected chi connectivity index (χ4v) is 1.60. The fraction of sp³-hybridized carbons (Fsp3) is 0.167. The Morgan fingerprint density at radius 1 is 1.41 bits per heavy atom. The predicted molar refractivity (Wildman–Crippen MR) is 63.0 cm³/mol. The first-order valence-electron chi connectivity index (χ1n) is 5.01. The van der Waals surface area contributed by atoms with Crippen molar-refractivity contribution in [2.24, 2.45) is 12.0 Å². The second-order valence-electron chi connectivity index (χ2n) is 3.41. The highest BCUT2D eigenvalue weighted by molar-refractivity contribution is 5.69. The maximum Gasteiger partial charge on any atom is 0.242 e. The van der Waals surface area contributed by atoms with E-state index in [0.29, 0.717) is 11.5 Å². The van der Waals surface area contributed by atoms with Crippen molar-refractivity contribution < 1.29 is 9.53 Å². The van der Waals surface area contributed by atoms with Gasteiger partial charge in [0.1, 0.15) is 5.75 Å². The molecule has 1 aromatic heterocycles. The second kappa shape index (κ2) is 4.63. The van der Waals surface area contributed by atoms with E-state index in [-0.39, 0.29) is 0 Å². The number of nitrogens with zero attached hydrogens (tertiary/aromatic N) is 3. The molecule has 0 spiro atoms. The number of ether oxygens (including phenoxy) is 1. The van der Waals surface area contributed by atoms with Crippen molar-refractivity contribution in [3.63, 3.8) is 0 Å². The molecule has 0 fully saturated rings. The topological polar surface area (TPSA) is 56.5 Å². The van der Waals surface area contributed by atoms with E-state index in [1.54, 1.807) is 20.2 Å². The number of isocyanates is 1. The van der Waals surface area contributed by atoms with Crippen LogP contribution in [-0.2, 0) is 11.8 Å². The van der Waals surface area contributed by atoms with Crippen molar-refractivity contribution in [2.75, 3.05) is 7.11 Å². The monoisotopic (exact) mass is 229 g/mol. The van der Waals surface area contributed by atoms with E-state index in [4.69, 9.17) is 4.74 Å². The number of benzene rings is 1. The highest BCUT2D eigenvalue weighted by Gasteiger charge is 2.10. The summed E-state index contributed by atoms with van der Waals surface area (Å²) in [6.07, 6.45) is 1.50. The summed E-state index contributed by atoms with van der Waals surface area (Å²) in [5.41, 5.74) is 1.57. The van der Waals surface area contributed by atoms with Gasteiger partial charge >= 0.3 is 0 Å². The summed E-state index contributed by atoms with van der Waals surface area (Å²) < 4.78 is 6.77. The highest BCUT2D eigenvalue weighted by Crippen LogP contribution is 2.30. The van der Waals surface area contributed by atoms with E-state index in [1.807, 2.05) is 24.3 Å². The first-order chi connectivity index (χ1) is 8.26. The Balaban J connectivity index is 2.53. The lowest BCUT2D eigenvalue weighted by molar-refractivity contribution is 0.416. The van der Waals surface area contributed by atoms with Crippen LogP contribution in [0.1, 0.15) is 0 Å². The minimum Gasteiger partial charge on any atom is -0.496 e. The van der Waals surface area contributed by atoms with Gasteiger partial charge in [0.25, 0.3) is 0 Å². The summed E-state index contributed by atoms with van der Waals surface area (Å²) in [6, 6.07) is 9.25. The molecule has 0 aliphatic carbocycles. The molecule has 0 aliphatic heterocycles. The Labute approximate surface area is 98.4 Å². The first kappa shape index (κ1) is 11.1. The Kier molecular flexibility index (Phi) is 3.03. The van der Waals surface area contributed by atoms with Crippen LogP contribution in [0.15, 0.2) is 35.3 Å². The molecule has 17 heavy (non-hydrogen) atoms. The third-order valence-corrected chi connectivity index (χ3v) is 2.40. The van der Waals surface area contributed by atoms with Crippen LogP contribution in [0, 0.1) is 0 Å². The number of para-hydroxylation sites is 1. The Morgan fingerprint density at radius 3 is 2.88 bits per heavy atom. The Bertz CT molecular complexity index is 583. The number of carbonyl (C=O) groups excluding carboxylic acids is 1. The molecule has 5 heteroatoms. The van der Waals surface area contributed by atoms with E-state index in [0.717, 1.165) is 11.3 Å². The van der Waals surface area contributed by atoms with Gasteiger partial charge in [0.15, 0.2) is 5.82 Å². The van der Waals surface area contributed by atoms with Crippen LogP contribution >= 0.6 is 0 Å². The normalized spacial score (nSPS) is 9.76. The molecule has 0 saturated heterocycles. The number of rotatable bonds is 3. The van der Waals surface area contributed by atoms with Crippen LogP contribution in [-0.4, -0.2) is 23.0 Å². The largest absolute Gasteiger partial charge is 0.496 e. The molecule has 0 saturated carbocycles. The molecule has 0 aliphatic rings. The number of aryl methyl sites for hydroxylation is 1. The van der Waals surface area contributed by atoms with Crippen LogP contribution in [0.4, 0.5) is 5.82 Å². The lowest BCUT2D eigenvalue weighted by Gasteiger charge is -2.04. The molecular weight excluding hydrogens is 218 g/mol. The van der Waals surface area contributed by atoms with E-state index in [9.17, 15) is 4.79 Å². The van der Waals surface area contributed by atoms with E-state index >= 15 is 0 Å². The van der Waals surface area contributed by atoms with Crippen molar-refractivity contribution in [1.29, 1.82) is 0 Å². The third-order valence-electron chi connectivity index (χ3n) is 2.40. The minimum atomic E-state index is 0.459. The average Bonchev–Trinajstić information content (AvgIpc) is 2.71. The van der Waals surface area contributed by atoms with Crippen LogP contribution in [0.5, 0.6) is 5.75 Å². The molecule has 2 rings (SSSR count). The molecular formula is C12H11N3O2. The quantitative estimate of drug-likeness (QED) is 0.598. The maximum absolute atomic E-state index is 10.2. The summed E-state index contributed by atoms with van der Waals surface area (Å²) in [5, 5.41) is 4.27. The zero-order valence-electron chi connectivity index (χ0n) is 9.54. The molecule has 0 atom stereocenters. The summed E-state index contributed by atoms with van der Waals surface area (Å²) in [5.74, 6) is 1.19. The van der Waals surface area contributed by atoms with E-state index < -0.39 is 0 Å². The number of hydrogen-bond donors (Lipinski definition) is 0. The van der Waals surface area contributed by atoms with Crippen LogP contribution in [0.3, 0.4) is 0 Å². The minimum absolute atomic E-state index is 0.459. The molecule has 0 N–H and O–H groups in total.